The van der Waals surface area contributed by atoms with Crippen molar-refractivity contribution < 1.29 is 4.79 Å². The molecular weight excluding hydrogens is 380 g/mol. The lowest BCUT2D eigenvalue weighted by molar-refractivity contribution is 0.0954. The van der Waals surface area contributed by atoms with E-state index >= 15 is 0 Å². The summed E-state index contributed by atoms with van der Waals surface area (Å²) in [5, 5.41) is 0. The predicted octanol–water partition coefficient (Wildman–Crippen LogP) is 5.98. The largest absolute Gasteiger partial charge is 0.293 e. The summed E-state index contributed by atoms with van der Waals surface area (Å²) >= 11 is 6.83. The summed E-state index contributed by atoms with van der Waals surface area (Å²) in [6.07, 6.45) is 1.86. The number of halogens is 2. The molecule has 0 fully saturated rings. The van der Waals surface area contributed by atoms with Gasteiger partial charge < -0.3 is 0 Å². The van der Waals surface area contributed by atoms with Crippen molar-refractivity contribution in [2.24, 2.45) is 0 Å². The molecule has 2 aromatic carbocycles. The van der Waals surface area contributed by atoms with Gasteiger partial charge in [-0.15, -0.1) is 0 Å². The van der Waals surface area contributed by atoms with Gasteiger partial charge in [-0.25, -0.2) is 0 Å². The third kappa shape index (κ3) is 3.80. The second kappa shape index (κ2) is 7.19. The van der Waals surface area contributed by atoms with Gasteiger partial charge in [0.25, 0.3) is 0 Å². The molecule has 0 saturated heterocycles. The Labute approximate surface area is 136 Å². The molecule has 0 heterocycles. The summed E-state index contributed by atoms with van der Waals surface area (Å²) in [6.45, 7) is 2.11. The maximum atomic E-state index is 12.7. The molecule has 0 aromatic heterocycles. The van der Waals surface area contributed by atoms with Crippen LogP contribution in [0, 0.1) is 0 Å². The van der Waals surface area contributed by atoms with Crippen molar-refractivity contribution >= 4 is 37.6 Å². The van der Waals surface area contributed by atoms with Crippen LogP contribution in [0.15, 0.2) is 57.5 Å². The van der Waals surface area contributed by atoms with Gasteiger partial charge in [0.1, 0.15) is 0 Å². The van der Waals surface area contributed by atoms with Gasteiger partial charge in [-0.2, -0.15) is 0 Å². The van der Waals surface area contributed by atoms with E-state index in [1.54, 1.807) is 0 Å². The molecule has 20 heavy (non-hydrogen) atoms. The molecule has 0 saturated carbocycles. The van der Waals surface area contributed by atoms with E-state index in [4.69, 9.17) is 0 Å². The minimum absolute atomic E-state index is 0.0609. The molecule has 3 heteroatoms. The highest BCUT2D eigenvalue weighted by atomic mass is 79.9. The number of carbonyl (C=O) groups excluding carboxylic acids is 1. The fraction of sp³-hybridized carbons (Fsp3) is 0.235. The first-order valence-electron chi connectivity index (χ1n) is 6.67. The fourth-order valence-corrected chi connectivity index (χ4v) is 2.78. The zero-order valence-corrected chi connectivity index (χ0v) is 14.4. The lowest BCUT2D eigenvalue weighted by Crippen LogP contribution is -2.13. The first-order chi connectivity index (χ1) is 9.61. The smallest absolute Gasteiger partial charge is 0.170 e. The molecule has 0 radical (unpaired) electrons. The van der Waals surface area contributed by atoms with Gasteiger partial charge >= 0.3 is 0 Å². The Morgan fingerprint density at radius 1 is 0.950 bits per heavy atom. The molecule has 104 valence electrons. The number of Topliss-reactive ketones (excluding diaryl/α,β-unsaturated/α-hetero) is 1. The molecule has 0 aliphatic rings. The summed E-state index contributed by atoms with van der Waals surface area (Å²) in [7, 11) is 0. The fourth-order valence-electron chi connectivity index (χ4n) is 2.25. The molecule has 1 atom stereocenters. The van der Waals surface area contributed by atoms with Gasteiger partial charge in [-0.3, -0.25) is 4.79 Å². The van der Waals surface area contributed by atoms with E-state index in [-0.39, 0.29) is 11.7 Å². The van der Waals surface area contributed by atoms with E-state index < -0.39 is 0 Å². The summed E-state index contributed by atoms with van der Waals surface area (Å²) in [4.78, 5) is 12.7. The number of ketones is 1. The van der Waals surface area contributed by atoms with Crippen LogP contribution in [-0.2, 0) is 0 Å². The monoisotopic (exact) mass is 394 g/mol. The normalized spacial score (nSPS) is 12.2. The van der Waals surface area contributed by atoms with Crippen molar-refractivity contribution in [3.63, 3.8) is 0 Å². The van der Waals surface area contributed by atoms with Crippen LogP contribution in [0.5, 0.6) is 0 Å². The minimum atomic E-state index is -0.0609. The Balaban J connectivity index is 2.30. The van der Waals surface area contributed by atoms with E-state index in [0.717, 1.165) is 32.9 Å². The van der Waals surface area contributed by atoms with Crippen LogP contribution in [-0.4, -0.2) is 5.78 Å². The van der Waals surface area contributed by atoms with Crippen molar-refractivity contribution in [1.29, 1.82) is 0 Å². The minimum Gasteiger partial charge on any atom is -0.293 e. The van der Waals surface area contributed by atoms with Gasteiger partial charge in [0, 0.05) is 20.4 Å². The average molecular weight is 396 g/mol. The standard InChI is InChI=1S/C17H16Br2O/c1-2-3-16(12-4-8-14(18)9-5-12)17(20)13-6-10-15(19)11-7-13/h4-11,16H,2-3H2,1H3/t16-/m1/s1. The quantitative estimate of drug-likeness (QED) is 0.569. The van der Waals surface area contributed by atoms with Crippen LogP contribution in [0.3, 0.4) is 0 Å². The van der Waals surface area contributed by atoms with Crippen molar-refractivity contribution in [2.75, 3.05) is 0 Å². The Morgan fingerprint density at radius 3 is 1.95 bits per heavy atom. The average Bonchev–Trinajstić information content (AvgIpc) is 2.46. The van der Waals surface area contributed by atoms with E-state index in [2.05, 4.69) is 38.8 Å². The summed E-state index contributed by atoms with van der Waals surface area (Å²) < 4.78 is 2.03. The lowest BCUT2D eigenvalue weighted by atomic mass is 9.87. The molecular formula is C17H16Br2O. The van der Waals surface area contributed by atoms with Crippen LogP contribution < -0.4 is 0 Å². The predicted molar refractivity (Wildman–Crippen MR) is 90.3 cm³/mol. The van der Waals surface area contributed by atoms with E-state index in [1.807, 2.05) is 48.5 Å². The van der Waals surface area contributed by atoms with Crippen LogP contribution in [0.1, 0.15) is 41.6 Å². The second-order valence-electron chi connectivity index (χ2n) is 4.76. The van der Waals surface area contributed by atoms with Crippen LogP contribution in [0.2, 0.25) is 0 Å². The number of carbonyl (C=O) groups is 1. The molecule has 2 rings (SSSR count). The van der Waals surface area contributed by atoms with Crippen molar-refractivity contribution in [3.8, 4) is 0 Å². The zero-order chi connectivity index (χ0) is 14.5. The maximum Gasteiger partial charge on any atom is 0.170 e. The van der Waals surface area contributed by atoms with Gasteiger partial charge in [0.2, 0.25) is 0 Å². The van der Waals surface area contributed by atoms with Crippen molar-refractivity contribution in [3.05, 3.63) is 68.6 Å². The molecule has 0 aliphatic heterocycles. The highest BCUT2D eigenvalue weighted by Crippen LogP contribution is 2.27. The number of benzene rings is 2. The van der Waals surface area contributed by atoms with Gasteiger partial charge in [0.15, 0.2) is 5.78 Å². The molecule has 0 unspecified atom stereocenters. The zero-order valence-electron chi connectivity index (χ0n) is 11.3. The highest BCUT2D eigenvalue weighted by molar-refractivity contribution is 9.10. The Hall–Kier alpha value is -0.930. The summed E-state index contributed by atoms with van der Waals surface area (Å²) in [5.41, 5.74) is 1.86. The first-order valence-corrected chi connectivity index (χ1v) is 8.25. The molecule has 0 spiro atoms. The third-order valence-corrected chi connectivity index (χ3v) is 4.35. The Morgan fingerprint density at radius 2 is 1.45 bits per heavy atom. The third-order valence-electron chi connectivity index (χ3n) is 3.29. The summed E-state index contributed by atoms with van der Waals surface area (Å²) in [5.74, 6) is 0.135. The molecule has 1 nitrogen and oxygen atoms in total. The lowest BCUT2D eigenvalue weighted by Gasteiger charge is -2.16. The Bertz CT molecular complexity index is 573. The molecule has 0 N–H and O–H groups in total. The topological polar surface area (TPSA) is 17.1 Å². The van der Waals surface area contributed by atoms with Crippen LogP contribution >= 0.6 is 31.9 Å². The van der Waals surface area contributed by atoms with E-state index in [0.29, 0.717) is 0 Å². The van der Waals surface area contributed by atoms with Crippen LogP contribution in [0.4, 0.5) is 0 Å². The van der Waals surface area contributed by atoms with Crippen molar-refractivity contribution in [1.82, 2.24) is 0 Å². The van der Waals surface area contributed by atoms with Gasteiger partial charge in [0.05, 0.1) is 0 Å². The van der Waals surface area contributed by atoms with Gasteiger partial charge in [-0.1, -0.05) is 69.5 Å². The number of hydrogen-bond donors (Lipinski definition) is 0. The first kappa shape index (κ1) is 15.5. The second-order valence-corrected chi connectivity index (χ2v) is 6.60. The van der Waals surface area contributed by atoms with Crippen LogP contribution in [0.25, 0.3) is 0 Å². The van der Waals surface area contributed by atoms with E-state index in [9.17, 15) is 4.79 Å². The highest BCUT2D eigenvalue weighted by Gasteiger charge is 2.21. The molecule has 2 aromatic rings. The number of rotatable bonds is 5. The molecule has 0 amide bonds. The SMILES string of the molecule is CCC[C@@H](C(=O)c1ccc(Br)cc1)c1ccc(Br)cc1. The molecule has 0 bridgehead atoms. The number of hydrogen-bond acceptors (Lipinski definition) is 1. The molecule has 0 aliphatic carbocycles. The summed E-state index contributed by atoms with van der Waals surface area (Å²) in [6, 6.07) is 15.6. The van der Waals surface area contributed by atoms with Gasteiger partial charge in [-0.05, 0) is 36.2 Å². The Kier molecular flexibility index (Phi) is 5.55. The van der Waals surface area contributed by atoms with E-state index in [1.165, 1.54) is 0 Å². The van der Waals surface area contributed by atoms with Crippen molar-refractivity contribution in [2.45, 2.75) is 25.7 Å². The maximum absolute atomic E-state index is 12.7.